The van der Waals surface area contributed by atoms with E-state index in [4.69, 9.17) is 4.74 Å². The summed E-state index contributed by atoms with van der Waals surface area (Å²) in [5.41, 5.74) is 0. The fourth-order valence-corrected chi connectivity index (χ4v) is 4.44. The number of rotatable bonds is 1. The van der Waals surface area contributed by atoms with Gasteiger partial charge in [0.1, 0.15) is 0 Å². The molecule has 2 aliphatic rings. The first-order valence-electron chi connectivity index (χ1n) is 5.96. The number of methoxy groups -OCH3 is 1. The lowest BCUT2D eigenvalue weighted by Crippen LogP contribution is -2.40. The molecule has 86 valence electrons. The number of alkyl halides is 1. The predicted octanol–water partition coefficient (Wildman–Crippen LogP) is 3.14. The summed E-state index contributed by atoms with van der Waals surface area (Å²) in [6.07, 6.45) is 7.58. The van der Waals surface area contributed by atoms with Crippen LogP contribution in [0.25, 0.3) is 0 Å². The Labute approximate surface area is 99.9 Å². The average molecular weight is 275 g/mol. The summed E-state index contributed by atoms with van der Waals surface area (Å²) in [4.78, 5) is 12.0. The van der Waals surface area contributed by atoms with E-state index in [0.717, 1.165) is 12.3 Å². The van der Waals surface area contributed by atoms with Crippen LogP contribution in [0.4, 0.5) is 0 Å². The van der Waals surface area contributed by atoms with Crippen molar-refractivity contribution in [1.29, 1.82) is 0 Å². The molecule has 0 spiro atoms. The van der Waals surface area contributed by atoms with Crippen molar-refractivity contribution < 1.29 is 9.53 Å². The highest BCUT2D eigenvalue weighted by atomic mass is 79.9. The van der Waals surface area contributed by atoms with Gasteiger partial charge in [-0.3, -0.25) is 4.79 Å². The number of hydrogen-bond donors (Lipinski definition) is 0. The molecule has 4 atom stereocenters. The Kier molecular flexibility index (Phi) is 3.70. The second-order valence-electron chi connectivity index (χ2n) is 4.86. The van der Waals surface area contributed by atoms with Crippen LogP contribution in [0.5, 0.6) is 0 Å². The van der Waals surface area contributed by atoms with Crippen molar-refractivity contribution >= 4 is 21.9 Å². The van der Waals surface area contributed by atoms with Gasteiger partial charge in [-0.25, -0.2) is 0 Å². The minimum absolute atomic E-state index is 0.0269. The first kappa shape index (κ1) is 11.4. The van der Waals surface area contributed by atoms with Crippen LogP contribution in [0.15, 0.2) is 0 Å². The van der Waals surface area contributed by atoms with Gasteiger partial charge in [0.2, 0.25) is 0 Å². The van der Waals surface area contributed by atoms with Crippen molar-refractivity contribution in [3.8, 4) is 0 Å². The van der Waals surface area contributed by atoms with E-state index in [1.54, 1.807) is 0 Å². The molecule has 0 aromatic rings. The number of ether oxygens (including phenoxy) is 1. The first-order valence-corrected chi connectivity index (χ1v) is 6.87. The predicted molar refractivity (Wildman–Crippen MR) is 62.9 cm³/mol. The molecule has 2 fully saturated rings. The smallest absolute Gasteiger partial charge is 0.309 e. The fraction of sp³-hybridized carbons (Fsp3) is 0.917. The summed E-state index contributed by atoms with van der Waals surface area (Å²) in [6, 6.07) is 0. The zero-order valence-corrected chi connectivity index (χ0v) is 10.8. The number of fused-ring (bicyclic) bond motifs is 1. The molecule has 0 heterocycles. The maximum atomic E-state index is 11.6. The summed E-state index contributed by atoms with van der Waals surface area (Å²) in [7, 11) is 1.50. The van der Waals surface area contributed by atoms with Crippen molar-refractivity contribution in [2.45, 2.75) is 43.4 Å². The molecule has 0 amide bonds. The largest absolute Gasteiger partial charge is 0.469 e. The van der Waals surface area contributed by atoms with Gasteiger partial charge in [-0.05, 0) is 31.1 Å². The Morgan fingerprint density at radius 3 is 2.67 bits per heavy atom. The maximum Gasteiger partial charge on any atom is 0.309 e. The summed E-state index contributed by atoms with van der Waals surface area (Å²) < 4.78 is 4.87. The minimum Gasteiger partial charge on any atom is -0.469 e. The summed E-state index contributed by atoms with van der Waals surface area (Å²) >= 11 is 3.74. The molecule has 2 saturated carbocycles. The molecular formula is C12H19BrO2. The molecule has 2 nitrogen and oxygen atoms in total. The van der Waals surface area contributed by atoms with Crippen LogP contribution in [0.2, 0.25) is 0 Å². The van der Waals surface area contributed by atoms with E-state index in [-0.39, 0.29) is 11.9 Å². The van der Waals surface area contributed by atoms with Crippen LogP contribution in [0.3, 0.4) is 0 Å². The van der Waals surface area contributed by atoms with Crippen LogP contribution >= 0.6 is 15.9 Å². The van der Waals surface area contributed by atoms with E-state index in [1.165, 1.54) is 39.2 Å². The molecule has 0 radical (unpaired) electrons. The minimum atomic E-state index is -0.0269. The third-order valence-corrected chi connectivity index (χ3v) is 5.43. The van der Waals surface area contributed by atoms with E-state index in [2.05, 4.69) is 15.9 Å². The second kappa shape index (κ2) is 4.86. The van der Waals surface area contributed by atoms with E-state index < -0.39 is 0 Å². The number of esters is 1. The lowest BCUT2D eigenvalue weighted by Gasteiger charge is -2.42. The number of halogens is 1. The van der Waals surface area contributed by atoms with Gasteiger partial charge in [0.05, 0.1) is 13.0 Å². The second-order valence-corrected chi connectivity index (χ2v) is 5.92. The van der Waals surface area contributed by atoms with Crippen LogP contribution in [0, 0.1) is 17.8 Å². The molecule has 0 N–H and O–H groups in total. The van der Waals surface area contributed by atoms with Crippen LogP contribution in [0.1, 0.15) is 38.5 Å². The van der Waals surface area contributed by atoms with Crippen LogP contribution < -0.4 is 0 Å². The van der Waals surface area contributed by atoms with Crippen molar-refractivity contribution in [2.24, 2.45) is 17.8 Å². The van der Waals surface area contributed by atoms with E-state index in [9.17, 15) is 4.79 Å². The molecule has 0 aliphatic heterocycles. The lowest BCUT2D eigenvalue weighted by atomic mass is 9.67. The number of carbonyl (C=O) groups is 1. The van der Waals surface area contributed by atoms with Gasteiger partial charge >= 0.3 is 5.97 Å². The van der Waals surface area contributed by atoms with E-state index in [1.807, 2.05) is 0 Å². The van der Waals surface area contributed by atoms with E-state index >= 15 is 0 Å². The third-order valence-electron chi connectivity index (χ3n) is 4.11. The molecule has 2 aliphatic carbocycles. The molecule has 0 aromatic heterocycles. The molecule has 0 unspecified atom stereocenters. The Morgan fingerprint density at radius 1 is 1.20 bits per heavy atom. The summed E-state index contributed by atoms with van der Waals surface area (Å²) in [6.45, 7) is 0. The normalized spacial score (nSPS) is 40.7. The molecule has 0 saturated heterocycles. The standard InChI is InChI=1S/C12H19BrO2/c1-15-12(14)10-7-6-8-4-2-3-5-9(8)11(10)13/h8-11H,2-7H2,1H3/t8-,9+,10+,11+/m0/s1. The zero-order valence-electron chi connectivity index (χ0n) is 9.25. The quantitative estimate of drug-likeness (QED) is 0.543. The Morgan fingerprint density at radius 2 is 1.93 bits per heavy atom. The van der Waals surface area contributed by atoms with Crippen LogP contribution in [-0.4, -0.2) is 17.9 Å². The molecule has 3 heteroatoms. The Hall–Kier alpha value is -0.0500. The van der Waals surface area contributed by atoms with E-state index in [0.29, 0.717) is 10.7 Å². The highest BCUT2D eigenvalue weighted by Gasteiger charge is 2.42. The van der Waals surface area contributed by atoms with Gasteiger partial charge in [0, 0.05) is 4.83 Å². The van der Waals surface area contributed by atoms with Gasteiger partial charge in [-0.2, -0.15) is 0 Å². The fourth-order valence-electron chi connectivity index (χ4n) is 3.26. The third kappa shape index (κ3) is 2.22. The zero-order chi connectivity index (χ0) is 10.8. The number of carbonyl (C=O) groups excluding carboxylic acids is 1. The average Bonchev–Trinajstić information content (AvgIpc) is 2.29. The first-order chi connectivity index (χ1) is 7.24. The molecule has 15 heavy (non-hydrogen) atoms. The molecular weight excluding hydrogens is 256 g/mol. The molecule has 0 aromatic carbocycles. The highest BCUT2D eigenvalue weighted by molar-refractivity contribution is 9.09. The Balaban J connectivity index is 2.04. The maximum absolute atomic E-state index is 11.6. The van der Waals surface area contributed by atoms with Gasteiger partial charge in [-0.1, -0.05) is 35.2 Å². The monoisotopic (exact) mass is 274 g/mol. The number of hydrogen-bond acceptors (Lipinski definition) is 2. The topological polar surface area (TPSA) is 26.3 Å². The highest BCUT2D eigenvalue weighted by Crippen LogP contribution is 2.46. The van der Waals surface area contributed by atoms with Crippen molar-refractivity contribution in [1.82, 2.24) is 0 Å². The molecule has 0 bridgehead atoms. The summed E-state index contributed by atoms with van der Waals surface area (Å²) in [5.74, 6) is 1.62. The lowest BCUT2D eigenvalue weighted by molar-refractivity contribution is -0.147. The SMILES string of the molecule is COC(=O)[C@@H]1CC[C@@H]2CCCC[C@H]2[C@H]1Br. The van der Waals surface area contributed by atoms with Crippen molar-refractivity contribution in [2.75, 3.05) is 7.11 Å². The Bertz CT molecular complexity index is 242. The van der Waals surface area contributed by atoms with Crippen molar-refractivity contribution in [3.63, 3.8) is 0 Å². The van der Waals surface area contributed by atoms with Crippen LogP contribution in [-0.2, 0) is 9.53 Å². The van der Waals surface area contributed by atoms with Gasteiger partial charge < -0.3 is 4.74 Å². The van der Waals surface area contributed by atoms with Gasteiger partial charge in [-0.15, -0.1) is 0 Å². The van der Waals surface area contributed by atoms with Gasteiger partial charge in [0.25, 0.3) is 0 Å². The van der Waals surface area contributed by atoms with Gasteiger partial charge in [0.15, 0.2) is 0 Å². The summed E-state index contributed by atoms with van der Waals surface area (Å²) in [5, 5.41) is 0. The van der Waals surface area contributed by atoms with Crippen molar-refractivity contribution in [3.05, 3.63) is 0 Å². The molecule has 2 rings (SSSR count).